The van der Waals surface area contributed by atoms with Gasteiger partial charge in [0, 0.05) is 18.1 Å². The Bertz CT molecular complexity index is 795. The number of benzene rings is 3. The predicted molar refractivity (Wildman–Crippen MR) is 77.1 cm³/mol. The summed E-state index contributed by atoms with van der Waals surface area (Å²) >= 11 is 0. The zero-order chi connectivity index (χ0) is 12.8. The fourth-order valence-corrected chi connectivity index (χ4v) is 2.70. The summed E-state index contributed by atoms with van der Waals surface area (Å²) in [5.74, 6) is 1.64. The van der Waals surface area contributed by atoms with E-state index in [1.807, 2.05) is 7.05 Å². The lowest BCUT2D eigenvalue weighted by Gasteiger charge is -2.11. The molecule has 0 amide bonds. The molecule has 0 aromatic heterocycles. The van der Waals surface area contributed by atoms with Gasteiger partial charge >= 0.3 is 0 Å². The van der Waals surface area contributed by atoms with E-state index in [9.17, 15) is 0 Å². The fourth-order valence-electron chi connectivity index (χ4n) is 2.70. The van der Waals surface area contributed by atoms with Crippen LogP contribution in [0.4, 0.5) is 5.69 Å². The molecule has 3 nitrogen and oxygen atoms in total. The first kappa shape index (κ1) is 10.5. The van der Waals surface area contributed by atoms with Gasteiger partial charge in [-0.05, 0) is 34.4 Å². The van der Waals surface area contributed by atoms with Crippen molar-refractivity contribution in [2.75, 3.05) is 19.2 Å². The summed E-state index contributed by atoms with van der Waals surface area (Å²) in [4.78, 5) is 0. The van der Waals surface area contributed by atoms with E-state index < -0.39 is 0 Å². The maximum absolute atomic E-state index is 5.49. The van der Waals surface area contributed by atoms with Crippen molar-refractivity contribution in [3.8, 4) is 11.5 Å². The predicted octanol–water partition coefficient (Wildman–Crippen LogP) is 3.76. The number of hydrogen-bond acceptors (Lipinski definition) is 3. The van der Waals surface area contributed by atoms with Crippen LogP contribution < -0.4 is 14.8 Å². The summed E-state index contributed by atoms with van der Waals surface area (Å²) in [5.41, 5.74) is 1.10. The fraction of sp³-hybridized carbons (Fsp3) is 0.125. The Balaban J connectivity index is 2.20. The molecule has 0 spiro atoms. The van der Waals surface area contributed by atoms with Gasteiger partial charge in [0.05, 0.1) is 0 Å². The number of ether oxygens (including phenoxy) is 2. The van der Waals surface area contributed by atoms with E-state index >= 15 is 0 Å². The van der Waals surface area contributed by atoms with E-state index in [4.69, 9.17) is 9.47 Å². The van der Waals surface area contributed by atoms with Crippen LogP contribution in [0, 0.1) is 0 Å². The van der Waals surface area contributed by atoms with Gasteiger partial charge in [-0.1, -0.05) is 24.3 Å². The topological polar surface area (TPSA) is 30.5 Å². The molecule has 94 valence electrons. The highest BCUT2D eigenvalue weighted by Gasteiger charge is 2.16. The van der Waals surface area contributed by atoms with Crippen LogP contribution in [-0.4, -0.2) is 13.8 Å². The third kappa shape index (κ3) is 1.45. The molecule has 0 fully saturated rings. The average Bonchev–Trinajstić information content (AvgIpc) is 2.91. The van der Waals surface area contributed by atoms with Gasteiger partial charge in [-0.2, -0.15) is 0 Å². The molecule has 0 saturated heterocycles. The van der Waals surface area contributed by atoms with Gasteiger partial charge in [-0.15, -0.1) is 0 Å². The van der Waals surface area contributed by atoms with Crippen molar-refractivity contribution in [3.63, 3.8) is 0 Å². The molecule has 0 saturated carbocycles. The first-order valence-electron chi connectivity index (χ1n) is 6.29. The van der Waals surface area contributed by atoms with Crippen molar-refractivity contribution in [2.24, 2.45) is 0 Å². The summed E-state index contributed by atoms with van der Waals surface area (Å²) in [6, 6.07) is 14.7. The first-order chi connectivity index (χ1) is 9.36. The first-order valence-corrected chi connectivity index (χ1v) is 6.29. The Morgan fingerprint density at radius 2 is 1.63 bits per heavy atom. The van der Waals surface area contributed by atoms with E-state index in [0.717, 1.165) is 22.6 Å². The normalized spacial score (nSPS) is 13.1. The number of nitrogens with one attached hydrogen (secondary N) is 1. The molecule has 4 rings (SSSR count). The van der Waals surface area contributed by atoms with Crippen LogP contribution >= 0.6 is 0 Å². The molecule has 0 bridgehead atoms. The minimum atomic E-state index is 0.304. The molecular formula is C16H13NO2. The van der Waals surface area contributed by atoms with Gasteiger partial charge in [0.1, 0.15) is 0 Å². The zero-order valence-corrected chi connectivity index (χ0v) is 10.6. The largest absolute Gasteiger partial charge is 0.454 e. The van der Waals surface area contributed by atoms with E-state index in [2.05, 4.69) is 47.8 Å². The molecule has 3 aromatic rings. The Morgan fingerprint density at radius 1 is 0.895 bits per heavy atom. The number of rotatable bonds is 1. The van der Waals surface area contributed by atoms with Gasteiger partial charge < -0.3 is 14.8 Å². The summed E-state index contributed by atoms with van der Waals surface area (Å²) in [7, 11) is 1.94. The Kier molecular flexibility index (Phi) is 2.09. The van der Waals surface area contributed by atoms with Crippen LogP contribution in [0.3, 0.4) is 0 Å². The van der Waals surface area contributed by atoms with Crippen molar-refractivity contribution in [2.45, 2.75) is 0 Å². The molecule has 1 aliphatic heterocycles. The van der Waals surface area contributed by atoms with Crippen molar-refractivity contribution in [3.05, 3.63) is 42.5 Å². The van der Waals surface area contributed by atoms with Gasteiger partial charge in [0.15, 0.2) is 11.5 Å². The van der Waals surface area contributed by atoms with Crippen molar-refractivity contribution in [1.82, 2.24) is 0 Å². The quantitative estimate of drug-likeness (QED) is 0.668. The van der Waals surface area contributed by atoms with Crippen molar-refractivity contribution < 1.29 is 9.47 Å². The molecule has 3 aromatic carbocycles. The molecule has 0 aliphatic carbocycles. The van der Waals surface area contributed by atoms with Crippen LogP contribution in [0.5, 0.6) is 11.5 Å². The second-order valence-corrected chi connectivity index (χ2v) is 4.65. The molecule has 19 heavy (non-hydrogen) atoms. The second kappa shape index (κ2) is 3.79. The van der Waals surface area contributed by atoms with Gasteiger partial charge in [-0.25, -0.2) is 0 Å². The highest BCUT2D eigenvalue weighted by atomic mass is 16.7. The van der Waals surface area contributed by atoms with E-state index in [1.54, 1.807) is 0 Å². The smallest absolute Gasteiger partial charge is 0.231 e. The van der Waals surface area contributed by atoms with Crippen LogP contribution in [0.25, 0.3) is 21.5 Å². The molecule has 3 heteroatoms. The lowest BCUT2D eigenvalue weighted by Crippen LogP contribution is -1.92. The zero-order valence-electron chi connectivity index (χ0n) is 10.6. The summed E-state index contributed by atoms with van der Waals surface area (Å²) < 4.78 is 11.0. The van der Waals surface area contributed by atoms with E-state index in [-0.39, 0.29) is 0 Å². The maximum Gasteiger partial charge on any atom is 0.231 e. The Hall–Kier alpha value is -2.42. The molecule has 0 atom stereocenters. The summed E-state index contributed by atoms with van der Waals surface area (Å²) in [6.07, 6.45) is 0. The van der Waals surface area contributed by atoms with Crippen LogP contribution in [0.1, 0.15) is 0 Å². The second-order valence-electron chi connectivity index (χ2n) is 4.65. The standard InChI is InChI=1S/C16H13NO2/c1-17-14-6-10-4-2-3-5-11(10)12-7-15-16(8-13(12)14)19-9-18-15/h2-8,17H,9H2,1H3. The third-order valence-corrected chi connectivity index (χ3v) is 3.62. The molecule has 1 heterocycles. The molecule has 0 radical (unpaired) electrons. The lowest BCUT2D eigenvalue weighted by molar-refractivity contribution is 0.174. The monoisotopic (exact) mass is 251 g/mol. The Labute approximate surface area is 110 Å². The maximum atomic E-state index is 5.49. The highest BCUT2D eigenvalue weighted by molar-refractivity contribution is 6.13. The molecule has 1 aliphatic rings. The SMILES string of the molecule is CNc1cc2ccccc2c2cc3c(cc12)OCO3. The Morgan fingerprint density at radius 3 is 2.42 bits per heavy atom. The molecular weight excluding hydrogens is 238 g/mol. The van der Waals surface area contributed by atoms with Gasteiger partial charge in [0.2, 0.25) is 6.79 Å². The van der Waals surface area contributed by atoms with Crippen LogP contribution in [-0.2, 0) is 0 Å². The summed E-state index contributed by atoms with van der Waals surface area (Å²) in [5, 5.41) is 8.05. The van der Waals surface area contributed by atoms with E-state index in [0.29, 0.717) is 6.79 Å². The van der Waals surface area contributed by atoms with Crippen LogP contribution in [0.2, 0.25) is 0 Å². The third-order valence-electron chi connectivity index (χ3n) is 3.62. The number of fused-ring (bicyclic) bond motifs is 4. The summed E-state index contributed by atoms with van der Waals surface area (Å²) in [6.45, 7) is 0.304. The lowest BCUT2D eigenvalue weighted by atomic mass is 9.99. The highest BCUT2D eigenvalue weighted by Crippen LogP contribution is 2.41. The van der Waals surface area contributed by atoms with Crippen molar-refractivity contribution >= 4 is 27.2 Å². The van der Waals surface area contributed by atoms with Gasteiger partial charge in [-0.3, -0.25) is 0 Å². The molecule has 1 N–H and O–H groups in total. The number of hydrogen-bond donors (Lipinski definition) is 1. The average molecular weight is 251 g/mol. The minimum absolute atomic E-state index is 0.304. The van der Waals surface area contributed by atoms with E-state index in [1.165, 1.54) is 16.2 Å². The van der Waals surface area contributed by atoms with Crippen LogP contribution in [0.15, 0.2) is 42.5 Å². The number of anilines is 1. The minimum Gasteiger partial charge on any atom is -0.454 e. The van der Waals surface area contributed by atoms with Gasteiger partial charge in [0.25, 0.3) is 0 Å². The molecule has 0 unspecified atom stereocenters. The van der Waals surface area contributed by atoms with Crippen molar-refractivity contribution in [1.29, 1.82) is 0 Å².